The summed E-state index contributed by atoms with van der Waals surface area (Å²) in [5, 5.41) is 16.6. The van der Waals surface area contributed by atoms with E-state index in [1.54, 1.807) is 11.6 Å². The van der Waals surface area contributed by atoms with Gasteiger partial charge in [-0.2, -0.15) is 5.10 Å². The predicted octanol–water partition coefficient (Wildman–Crippen LogP) is 0.999. The van der Waals surface area contributed by atoms with Gasteiger partial charge in [0.05, 0.1) is 17.4 Å². The molecule has 0 saturated heterocycles. The molecule has 6 nitrogen and oxygen atoms in total. The minimum absolute atomic E-state index is 0.0285. The summed E-state index contributed by atoms with van der Waals surface area (Å²) in [6.07, 6.45) is 3.70. The van der Waals surface area contributed by atoms with Gasteiger partial charge < -0.3 is 10.4 Å². The van der Waals surface area contributed by atoms with Gasteiger partial charge in [0, 0.05) is 19.3 Å². The Bertz CT molecular complexity index is 480. The third kappa shape index (κ3) is 3.90. The fourth-order valence-electron chi connectivity index (χ4n) is 1.74. The number of hydrogen-bond acceptors (Lipinski definition) is 4. The molecule has 112 valence electrons. The largest absolute Gasteiger partial charge is 0.388 e. The maximum Gasteiger partial charge on any atom is 0.292 e. The molecular weight excluding hydrogens is 258 g/mol. The summed E-state index contributed by atoms with van der Waals surface area (Å²) in [6.45, 7) is 8.10. The van der Waals surface area contributed by atoms with Gasteiger partial charge >= 0.3 is 0 Å². The third-order valence-electron chi connectivity index (χ3n) is 3.71. The molecular formula is C14H23N3O3. The number of nitrogens with zero attached hydrogens (tertiary/aromatic N) is 2. The third-order valence-corrected chi connectivity index (χ3v) is 3.71. The van der Waals surface area contributed by atoms with Gasteiger partial charge in [-0.3, -0.25) is 14.3 Å². The van der Waals surface area contributed by atoms with Gasteiger partial charge in [0.25, 0.3) is 11.7 Å². The lowest BCUT2D eigenvalue weighted by Gasteiger charge is -2.29. The fraction of sp³-hybridized carbons (Fsp3) is 0.643. The Kier molecular flexibility index (Phi) is 5.44. The Labute approximate surface area is 119 Å². The van der Waals surface area contributed by atoms with Gasteiger partial charge in [0.15, 0.2) is 0 Å². The van der Waals surface area contributed by atoms with Crippen molar-refractivity contribution in [2.24, 2.45) is 5.92 Å². The van der Waals surface area contributed by atoms with Crippen molar-refractivity contribution in [2.45, 2.75) is 46.3 Å². The van der Waals surface area contributed by atoms with Crippen molar-refractivity contribution in [1.29, 1.82) is 0 Å². The van der Waals surface area contributed by atoms with Gasteiger partial charge in [0.1, 0.15) is 0 Å². The van der Waals surface area contributed by atoms with Gasteiger partial charge in [-0.25, -0.2) is 0 Å². The van der Waals surface area contributed by atoms with E-state index in [0.717, 1.165) is 6.42 Å². The molecule has 0 radical (unpaired) electrons. The van der Waals surface area contributed by atoms with E-state index in [0.29, 0.717) is 6.54 Å². The molecule has 0 aliphatic carbocycles. The quantitative estimate of drug-likeness (QED) is 0.577. The number of aromatic nitrogens is 2. The number of Topliss-reactive ketones (excluding diaryl/α,β-unsaturated/α-hetero) is 1. The lowest BCUT2D eigenvalue weighted by molar-refractivity contribution is -0.118. The first-order valence-electron chi connectivity index (χ1n) is 6.89. The van der Waals surface area contributed by atoms with Crippen LogP contribution in [0.5, 0.6) is 0 Å². The van der Waals surface area contributed by atoms with E-state index in [-0.39, 0.29) is 18.0 Å². The zero-order valence-electron chi connectivity index (χ0n) is 12.5. The maximum atomic E-state index is 11.9. The molecule has 0 bridgehead atoms. The van der Waals surface area contributed by atoms with Crippen LogP contribution in [0, 0.1) is 5.92 Å². The van der Waals surface area contributed by atoms with E-state index < -0.39 is 17.3 Å². The topological polar surface area (TPSA) is 84.2 Å². The number of carbonyl (C=O) groups excluding carboxylic acids is 2. The molecule has 1 aromatic heterocycles. The van der Waals surface area contributed by atoms with Crippen LogP contribution in [-0.4, -0.2) is 38.7 Å². The second kappa shape index (κ2) is 6.65. The van der Waals surface area contributed by atoms with E-state index in [2.05, 4.69) is 10.4 Å². The van der Waals surface area contributed by atoms with Crippen molar-refractivity contribution in [1.82, 2.24) is 15.1 Å². The Morgan fingerprint density at radius 2 is 2.15 bits per heavy atom. The molecule has 1 aromatic rings. The van der Waals surface area contributed by atoms with Crippen LogP contribution in [0.3, 0.4) is 0 Å². The van der Waals surface area contributed by atoms with Gasteiger partial charge in [-0.15, -0.1) is 0 Å². The smallest absolute Gasteiger partial charge is 0.292 e. The van der Waals surface area contributed by atoms with Crippen LogP contribution in [0.25, 0.3) is 0 Å². The second-order valence-electron chi connectivity index (χ2n) is 5.26. The van der Waals surface area contributed by atoms with E-state index in [4.69, 9.17) is 0 Å². The lowest BCUT2D eigenvalue weighted by Crippen LogP contribution is -2.46. The number of ketones is 1. The summed E-state index contributed by atoms with van der Waals surface area (Å²) in [4.78, 5) is 23.7. The molecule has 0 aliphatic rings. The number of carbonyl (C=O) groups is 2. The summed E-state index contributed by atoms with van der Waals surface area (Å²) in [5.41, 5.74) is -0.772. The zero-order valence-corrected chi connectivity index (χ0v) is 12.5. The second-order valence-corrected chi connectivity index (χ2v) is 5.26. The van der Waals surface area contributed by atoms with Gasteiger partial charge in [0.2, 0.25) is 0 Å². The molecule has 0 fully saturated rings. The highest BCUT2D eigenvalue weighted by atomic mass is 16.3. The van der Waals surface area contributed by atoms with Crippen LogP contribution in [0.1, 0.15) is 44.5 Å². The highest BCUT2D eigenvalue weighted by Crippen LogP contribution is 2.18. The van der Waals surface area contributed by atoms with Crippen LogP contribution in [-0.2, 0) is 11.3 Å². The zero-order chi connectivity index (χ0) is 15.3. The summed E-state index contributed by atoms with van der Waals surface area (Å²) >= 11 is 0. The molecule has 0 spiro atoms. The monoisotopic (exact) mass is 281 g/mol. The summed E-state index contributed by atoms with van der Waals surface area (Å²) in [6, 6.07) is 0. The first-order valence-corrected chi connectivity index (χ1v) is 6.89. The molecule has 0 saturated carbocycles. The van der Waals surface area contributed by atoms with Crippen LogP contribution in [0.15, 0.2) is 12.4 Å². The normalized spacial score (nSPS) is 15.4. The number of aliphatic hydroxyl groups is 1. The van der Waals surface area contributed by atoms with Crippen LogP contribution >= 0.6 is 0 Å². The van der Waals surface area contributed by atoms with Crippen molar-refractivity contribution < 1.29 is 14.7 Å². The van der Waals surface area contributed by atoms with Crippen molar-refractivity contribution in [2.75, 3.05) is 6.54 Å². The molecule has 2 N–H and O–H groups in total. The van der Waals surface area contributed by atoms with E-state index in [1.165, 1.54) is 12.4 Å². The maximum absolute atomic E-state index is 11.9. The standard InChI is InChI=1S/C14H23N3O3/c1-5-10(3)14(4,20)9-15-13(19)12(18)11-7-16-17(6-2)8-11/h7-8,10,20H,5-6,9H2,1-4H3,(H,15,19). The highest BCUT2D eigenvalue weighted by molar-refractivity contribution is 6.42. The van der Waals surface area contributed by atoms with Crippen molar-refractivity contribution in [3.8, 4) is 0 Å². The first kappa shape index (κ1) is 16.4. The molecule has 6 heteroatoms. The van der Waals surface area contributed by atoms with Crippen molar-refractivity contribution in [3.63, 3.8) is 0 Å². The lowest BCUT2D eigenvalue weighted by atomic mass is 9.88. The number of rotatable bonds is 7. The van der Waals surface area contributed by atoms with Crippen molar-refractivity contribution >= 4 is 11.7 Å². The molecule has 1 rings (SSSR count). The fourth-order valence-corrected chi connectivity index (χ4v) is 1.74. The van der Waals surface area contributed by atoms with Crippen molar-refractivity contribution in [3.05, 3.63) is 18.0 Å². The molecule has 1 amide bonds. The molecule has 2 atom stereocenters. The number of amides is 1. The Morgan fingerprint density at radius 1 is 1.50 bits per heavy atom. The van der Waals surface area contributed by atoms with E-state index in [9.17, 15) is 14.7 Å². The van der Waals surface area contributed by atoms with E-state index in [1.807, 2.05) is 20.8 Å². The average molecular weight is 281 g/mol. The van der Waals surface area contributed by atoms with Crippen LogP contribution in [0.4, 0.5) is 0 Å². The summed E-state index contributed by atoms with van der Waals surface area (Å²) in [7, 11) is 0. The van der Waals surface area contributed by atoms with Crippen LogP contribution < -0.4 is 5.32 Å². The molecule has 20 heavy (non-hydrogen) atoms. The Balaban J connectivity index is 2.61. The minimum atomic E-state index is -1.03. The first-order chi connectivity index (χ1) is 9.31. The summed E-state index contributed by atoms with van der Waals surface area (Å²) < 4.78 is 1.58. The van der Waals surface area contributed by atoms with Crippen LogP contribution in [0.2, 0.25) is 0 Å². The Morgan fingerprint density at radius 3 is 2.65 bits per heavy atom. The van der Waals surface area contributed by atoms with Gasteiger partial charge in [-0.1, -0.05) is 20.3 Å². The number of nitrogens with one attached hydrogen (secondary N) is 1. The molecule has 0 aliphatic heterocycles. The number of aryl methyl sites for hydroxylation is 1. The predicted molar refractivity (Wildman–Crippen MR) is 75.3 cm³/mol. The molecule has 2 unspecified atom stereocenters. The number of hydrogen-bond donors (Lipinski definition) is 2. The highest BCUT2D eigenvalue weighted by Gasteiger charge is 2.28. The molecule has 0 aromatic carbocycles. The van der Waals surface area contributed by atoms with Gasteiger partial charge in [-0.05, 0) is 19.8 Å². The molecule has 1 heterocycles. The van der Waals surface area contributed by atoms with E-state index >= 15 is 0 Å². The summed E-state index contributed by atoms with van der Waals surface area (Å²) in [5.74, 6) is -1.32. The average Bonchev–Trinajstić information content (AvgIpc) is 2.91. The Hall–Kier alpha value is -1.69. The minimum Gasteiger partial charge on any atom is -0.388 e. The SMILES string of the molecule is CCC(C)C(C)(O)CNC(=O)C(=O)c1cnn(CC)c1.